The third kappa shape index (κ3) is 6.01. The quantitative estimate of drug-likeness (QED) is 0.359. The SMILES string of the molecule is CCCCCCC1CCCC(C(=O)n2ncn(Cc3ccc(-c4ccccc4C(=O)O)cc3)c2=O)C1. The summed E-state index contributed by atoms with van der Waals surface area (Å²) < 4.78 is 2.49. The molecule has 0 spiro atoms. The zero-order chi connectivity index (χ0) is 25.5. The zero-order valence-electron chi connectivity index (χ0n) is 20.9. The van der Waals surface area contributed by atoms with Gasteiger partial charge in [-0.3, -0.25) is 9.36 Å². The molecule has 36 heavy (non-hydrogen) atoms. The lowest BCUT2D eigenvalue weighted by molar-refractivity contribution is 0.0696. The smallest absolute Gasteiger partial charge is 0.353 e. The van der Waals surface area contributed by atoms with Gasteiger partial charge in [0.05, 0.1) is 12.1 Å². The highest BCUT2D eigenvalue weighted by molar-refractivity contribution is 5.96. The molecule has 0 amide bonds. The highest BCUT2D eigenvalue weighted by Crippen LogP contribution is 2.33. The van der Waals surface area contributed by atoms with Crippen molar-refractivity contribution in [3.05, 3.63) is 76.5 Å². The first-order chi connectivity index (χ1) is 17.5. The average molecular weight is 490 g/mol. The number of hydrogen-bond acceptors (Lipinski definition) is 4. The van der Waals surface area contributed by atoms with Crippen LogP contribution in [0.5, 0.6) is 0 Å². The Hall–Kier alpha value is -3.48. The van der Waals surface area contributed by atoms with E-state index < -0.39 is 11.7 Å². The van der Waals surface area contributed by atoms with Crippen molar-refractivity contribution in [2.75, 3.05) is 0 Å². The lowest BCUT2D eigenvalue weighted by atomic mass is 9.78. The van der Waals surface area contributed by atoms with Gasteiger partial charge in [0.15, 0.2) is 0 Å². The van der Waals surface area contributed by atoms with E-state index in [0.717, 1.165) is 35.1 Å². The van der Waals surface area contributed by atoms with Crippen molar-refractivity contribution < 1.29 is 14.7 Å². The highest BCUT2D eigenvalue weighted by atomic mass is 16.4. The molecule has 0 bridgehead atoms. The molecule has 2 unspecified atom stereocenters. The number of aromatic carboxylic acids is 1. The molecule has 2 aromatic carbocycles. The molecule has 2 atom stereocenters. The number of benzene rings is 2. The summed E-state index contributed by atoms with van der Waals surface area (Å²) in [5.74, 6) is -0.728. The van der Waals surface area contributed by atoms with Crippen LogP contribution in [-0.4, -0.2) is 31.3 Å². The molecule has 1 aromatic heterocycles. The van der Waals surface area contributed by atoms with Gasteiger partial charge in [0.25, 0.3) is 5.91 Å². The molecule has 1 N–H and O–H groups in total. The number of aromatic nitrogens is 3. The van der Waals surface area contributed by atoms with E-state index in [1.807, 2.05) is 30.3 Å². The van der Waals surface area contributed by atoms with Gasteiger partial charge in [-0.25, -0.2) is 9.59 Å². The molecule has 0 radical (unpaired) electrons. The van der Waals surface area contributed by atoms with E-state index in [-0.39, 0.29) is 23.9 Å². The second kappa shape index (κ2) is 12.0. The van der Waals surface area contributed by atoms with Crippen LogP contribution >= 0.6 is 0 Å². The fourth-order valence-corrected chi connectivity index (χ4v) is 5.31. The van der Waals surface area contributed by atoms with Crippen LogP contribution in [0, 0.1) is 11.8 Å². The summed E-state index contributed by atoms with van der Waals surface area (Å²) >= 11 is 0. The van der Waals surface area contributed by atoms with Crippen LogP contribution in [0.15, 0.2) is 59.7 Å². The summed E-state index contributed by atoms with van der Waals surface area (Å²) in [5.41, 5.74) is 2.13. The Bertz CT molecular complexity index is 1240. The number of rotatable bonds is 10. The van der Waals surface area contributed by atoms with Crippen LogP contribution in [0.4, 0.5) is 0 Å². The number of carboxylic acids is 1. The largest absolute Gasteiger partial charge is 0.478 e. The molecule has 3 aromatic rings. The molecule has 0 saturated heterocycles. The standard InChI is InChI=1S/C29H35N3O4/c1-2-3-4-5-9-21-10-8-11-24(18-21)27(33)32-29(36)31(20-30-32)19-22-14-16-23(17-15-22)25-12-6-7-13-26(25)28(34)35/h6-7,12-17,20-21,24H,2-5,8-11,18-19H2,1H3,(H,34,35). The number of carbonyl (C=O) groups is 2. The molecule has 7 heteroatoms. The minimum Gasteiger partial charge on any atom is -0.478 e. The monoisotopic (exact) mass is 489 g/mol. The maximum Gasteiger partial charge on any atom is 0.353 e. The van der Waals surface area contributed by atoms with E-state index >= 15 is 0 Å². The van der Waals surface area contributed by atoms with E-state index in [1.165, 1.54) is 49.4 Å². The van der Waals surface area contributed by atoms with Crippen molar-refractivity contribution >= 4 is 11.9 Å². The summed E-state index contributed by atoms with van der Waals surface area (Å²) in [6.07, 6.45) is 11.4. The third-order valence-corrected chi connectivity index (χ3v) is 7.32. The Balaban J connectivity index is 1.41. The van der Waals surface area contributed by atoms with E-state index in [4.69, 9.17) is 0 Å². The van der Waals surface area contributed by atoms with Crippen LogP contribution in [0.3, 0.4) is 0 Å². The van der Waals surface area contributed by atoms with Crippen molar-refractivity contribution in [2.45, 2.75) is 71.3 Å². The zero-order valence-corrected chi connectivity index (χ0v) is 20.9. The Morgan fingerprint density at radius 3 is 2.56 bits per heavy atom. The van der Waals surface area contributed by atoms with Crippen LogP contribution in [-0.2, 0) is 6.54 Å². The van der Waals surface area contributed by atoms with Gasteiger partial charge in [-0.1, -0.05) is 94.3 Å². The van der Waals surface area contributed by atoms with Gasteiger partial charge in [0.1, 0.15) is 6.33 Å². The first-order valence-corrected chi connectivity index (χ1v) is 13.1. The first kappa shape index (κ1) is 25.6. The van der Waals surface area contributed by atoms with Crippen LogP contribution in [0.25, 0.3) is 11.1 Å². The van der Waals surface area contributed by atoms with Gasteiger partial charge >= 0.3 is 11.7 Å². The van der Waals surface area contributed by atoms with Crippen molar-refractivity contribution in [3.63, 3.8) is 0 Å². The summed E-state index contributed by atoms with van der Waals surface area (Å²) in [5, 5.41) is 13.6. The third-order valence-electron chi connectivity index (χ3n) is 7.32. The second-order valence-electron chi connectivity index (χ2n) is 9.92. The van der Waals surface area contributed by atoms with E-state index in [0.29, 0.717) is 11.5 Å². The molecule has 1 saturated carbocycles. The van der Waals surface area contributed by atoms with Crippen molar-refractivity contribution in [1.29, 1.82) is 0 Å². The molecule has 1 fully saturated rings. The molecule has 4 rings (SSSR count). The number of nitrogens with zero attached hydrogens (tertiary/aromatic N) is 3. The second-order valence-corrected chi connectivity index (χ2v) is 9.92. The minimum absolute atomic E-state index is 0.135. The highest BCUT2D eigenvalue weighted by Gasteiger charge is 2.29. The van der Waals surface area contributed by atoms with Gasteiger partial charge in [-0.2, -0.15) is 5.10 Å². The molecular weight excluding hydrogens is 454 g/mol. The van der Waals surface area contributed by atoms with E-state index in [1.54, 1.807) is 18.2 Å². The Kier molecular flexibility index (Phi) is 8.52. The number of carboxylic acid groups (broad SMARTS) is 1. The Labute approximate surface area is 211 Å². The predicted octanol–water partition coefficient (Wildman–Crippen LogP) is 5.88. The van der Waals surface area contributed by atoms with E-state index in [2.05, 4.69) is 12.0 Å². The maximum absolute atomic E-state index is 13.1. The van der Waals surface area contributed by atoms with Crippen LogP contribution < -0.4 is 5.69 Å². The summed E-state index contributed by atoms with van der Waals surface area (Å²) in [6, 6.07) is 14.3. The molecular formula is C29H35N3O4. The molecule has 1 aliphatic rings. The molecule has 7 nitrogen and oxygen atoms in total. The first-order valence-electron chi connectivity index (χ1n) is 13.1. The van der Waals surface area contributed by atoms with Crippen molar-refractivity contribution in [2.24, 2.45) is 11.8 Å². The molecule has 0 aliphatic heterocycles. The fourth-order valence-electron chi connectivity index (χ4n) is 5.31. The minimum atomic E-state index is -0.973. The van der Waals surface area contributed by atoms with Gasteiger partial charge in [0, 0.05) is 5.92 Å². The summed E-state index contributed by atoms with van der Waals surface area (Å²) in [7, 11) is 0. The normalized spacial score (nSPS) is 17.7. The average Bonchev–Trinajstić information content (AvgIpc) is 3.26. The van der Waals surface area contributed by atoms with Gasteiger partial charge in [-0.05, 0) is 41.5 Å². The summed E-state index contributed by atoms with van der Waals surface area (Å²) in [6.45, 7) is 2.50. The van der Waals surface area contributed by atoms with Gasteiger partial charge < -0.3 is 5.11 Å². The maximum atomic E-state index is 13.1. The molecule has 1 heterocycles. The number of unbranched alkanes of at least 4 members (excludes halogenated alkanes) is 3. The summed E-state index contributed by atoms with van der Waals surface area (Å²) in [4.78, 5) is 37.6. The molecule has 1 aliphatic carbocycles. The topological polar surface area (TPSA) is 94.2 Å². The van der Waals surface area contributed by atoms with E-state index in [9.17, 15) is 19.5 Å². The van der Waals surface area contributed by atoms with Gasteiger partial charge in [-0.15, -0.1) is 4.68 Å². The lowest BCUT2D eigenvalue weighted by Crippen LogP contribution is -2.36. The van der Waals surface area contributed by atoms with Crippen LogP contribution in [0.2, 0.25) is 0 Å². The lowest BCUT2D eigenvalue weighted by Gasteiger charge is -2.27. The van der Waals surface area contributed by atoms with Crippen molar-refractivity contribution in [3.8, 4) is 11.1 Å². The van der Waals surface area contributed by atoms with Crippen molar-refractivity contribution in [1.82, 2.24) is 14.3 Å². The Morgan fingerprint density at radius 1 is 1.03 bits per heavy atom. The van der Waals surface area contributed by atoms with Crippen LogP contribution in [0.1, 0.15) is 85.4 Å². The predicted molar refractivity (Wildman–Crippen MR) is 139 cm³/mol. The Morgan fingerprint density at radius 2 is 1.81 bits per heavy atom. The van der Waals surface area contributed by atoms with Gasteiger partial charge in [0.2, 0.25) is 0 Å². The number of hydrogen-bond donors (Lipinski definition) is 1. The number of carbonyl (C=O) groups excluding carboxylic acids is 1. The fraction of sp³-hybridized carbons (Fsp3) is 0.448. The molecule has 190 valence electrons.